The third-order valence-corrected chi connectivity index (χ3v) is 3.90. The van der Waals surface area contributed by atoms with Crippen LogP contribution in [0.15, 0.2) is 60.7 Å². The molecule has 2 heteroatoms. The Morgan fingerprint density at radius 2 is 1.41 bits per heavy atom. The molecular formula is C20H25NO. The van der Waals surface area contributed by atoms with E-state index >= 15 is 0 Å². The van der Waals surface area contributed by atoms with Crippen LogP contribution in [-0.2, 0) is 4.79 Å². The first kappa shape index (κ1) is 16.4. The van der Waals surface area contributed by atoms with Gasteiger partial charge < -0.3 is 4.90 Å². The number of hydrogen-bond acceptors (Lipinski definition) is 2. The zero-order chi connectivity index (χ0) is 15.8. The summed E-state index contributed by atoms with van der Waals surface area (Å²) >= 11 is 0. The molecule has 2 rings (SSSR count). The Kier molecular flexibility index (Phi) is 6.35. The van der Waals surface area contributed by atoms with Crippen molar-refractivity contribution in [2.45, 2.75) is 25.2 Å². The lowest BCUT2D eigenvalue weighted by Gasteiger charge is -2.18. The average Bonchev–Trinajstić information content (AvgIpc) is 2.54. The lowest BCUT2D eigenvalue weighted by Crippen LogP contribution is -2.15. The Balaban J connectivity index is 2.08. The second kappa shape index (κ2) is 8.50. The van der Waals surface area contributed by atoms with E-state index in [1.54, 1.807) is 0 Å². The Morgan fingerprint density at radius 3 is 1.86 bits per heavy atom. The molecule has 0 amide bonds. The monoisotopic (exact) mass is 295 g/mol. The fourth-order valence-corrected chi connectivity index (χ4v) is 2.72. The van der Waals surface area contributed by atoms with Crippen LogP contribution in [0, 0.1) is 0 Å². The maximum Gasteiger partial charge on any atom is 0.133 e. The molecule has 0 aliphatic rings. The molecule has 0 aromatic heterocycles. The van der Waals surface area contributed by atoms with E-state index in [0.717, 1.165) is 13.0 Å². The van der Waals surface area contributed by atoms with Crippen molar-refractivity contribution in [2.75, 3.05) is 20.6 Å². The number of benzene rings is 2. The van der Waals surface area contributed by atoms with Crippen LogP contribution < -0.4 is 0 Å². The van der Waals surface area contributed by atoms with Crippen LogP contribution in [-0.4, -0.2) is 31.3 Å². The molecule has 0 radical (unpaired) electrons. The number of Topliss-reactive ketones (excluding diaryl/α,β-unsaturated/α-hetero) is 1. The molecule has 0 aliphatic heterocycles. The van der Waals surface area contributed by atoms with Crippen LogP contribution in [0.25, 0.3) is 0 Å². The number of carbonyl (C=O) groups excluding carboxylic acids is 1. The molecule has 0 saturated heterocycles. The molecule has 0 unspecified atom stereocenters. The predicted octanol–water partition coefficient (Wildman–Crippen LogP) is 4.12. The predicted molar refractivity (Wildman–Crippen MR) is 92.1 cm³/mol. The number of nitrogens with zero attached hydrogens (tertiary/aromatic N) is 1. The van der Waals surface area contributed by atoms with E-state index in [1.165, 1.54) is 11.1 Å². The first-order valence-electron chi connectivity index (χ1n) is 7.93. The van der Waals surface area contributed by atoms with Crippen molar-refractivity contribution in [1.29, 1.82) is 0 Å². The molecule has 0 saturated carbocycles. The zero-order valence-corrected chi connectivity index (χ0v) is 13.5. The first-order chi connectivity index (χ1) is 10.7. The standard InChI is InChI=1S/C20H25NO/c1-21(2)15-9-14-19(22)16-20(17-10-5-3-6-11-17)18-12-7-4-8-13-18/h3-8,10-13,20H,9,14-16H2,1-2H3. The summed E-state index contributed by atoms with van der Waals surface area (Å²) < 4.78 is 0. The van der Waals surface area contributed by atoms with E-state index in [9.17, 15) is 4.79 Å². The van der Waals surface area contributed by atoms with Gasteiger partial charge in [0.15, 0.2) is 0 Å². The van der Waals surface area contributed by atoms with Gasteiger partial charge in [-0.05, 0) is 38.2 Å². The molecular weight excluding hydrogens is 270 g/mol. The fourth-order valence-electron chi connectivity index (χ4n) is 2.72. The van der Waals surface area contributed by atoms with Gasteiger partial charge in [0.1, 0.15) is 5.78 Å². The van der Waals surface area contributed by atoms with Gasteiger partial charge in [-0.2, -0.15) is 0 Å². The highest BCUT2D eigenvalue weighted by Crippen LogP contribution is 2.28. The summed E-state index contributed by atoms with van der Waals surface area (Å²) in [5.74, 6) is 0.508. The number of rotatable bonds is 8. The molecule has 0 atom stereocenters. The normalized spacial score (nSPS) is 11.1. The van der Waals surface area contributed by atoms with E-state index in [4.69, 9.17) is 0 Å². The smallest absolute Gasteiger partial charge is 0.133 e. The van der Waals surface area contributed by atoms with Gasteiger partial charge in [0, 0.05) is 18.8 Å². The summed E-state index contributed by atoms with van der Waals surface area (Å²) in [5.41, 5.74) is 2.43. The third kappa shape index (κ3) is 5.12. The molecule has 116 valence electrons. The second-order valence-electron chi connectivity index (χ2n) is 6.02. The molecule has 0 heterocycles. The highest BCUT2D eigenvalue weighted by Gasteiger charge is 2.17. The zero-order valence-electron chi connectivity index (χ0n) is 13.5. The van der Waals surface area contributed by atoms with Crippen molar-refractivity contribution < 1.29 is 4.79 Å². The van der Waals surface area contributed by atoms with Crippen LogP contribution in [0.3, 0.4) is 0 Å². The van der Waals surface area contributed by atoms with Crippen LogP contribution in [0.1, 0.15) is 36.3 Å². The van der Waals surface area contributed by atoms with E-state index in [2.05, 4.69) is 29.2 Å². The van der Waals surface area contributed by atoms with Crippen LogP contribution in [0.4, 0.5) is 0 Å². The molecule has 0 N–H and O–H groups in total. The summed E-state index contributed by atoms with van der Waals surface area (Å²) in [6.07, 6.45) is 2.18. The number of carbonyl (C=O) groups is 1. The van der Waals surface area contributed by atoms with Gasteiger partial charge in [-0.15, -0.1) is 0 Å². The Hall–Kier alpha value is -1.93. The minimum absolute atomic E-state index is 0.161. The molecule has 2 aromatic rings. The second-order valence-corrected chi connectivity index (χ2v) is 6.02. The topological polar surface area (TPSA) is 20.3 Å². The van der Waals surface area contributed by atoms with Crippen molar-refractivity contribution >= 4 is 5.78 Å². The highest BCUT2D eigenvalue weighted by molar-refractivity contribution is 5.79. The van der Waals surface area contributed by atoms with Crippen molar-refractivity contribution in [3.05, 3.63) is 71.8 Å². The van der Waals surface area contributed by atoms with Crippen LogP contribution >= 0.6 is 0 Å². The van der Waals surface area contributed by atoms with Crippen molar-refractivity contribution in [3.63, 3.8) is 0 Å². The molecule has 0 fully saturated rings. The Labute approximate surface area is 133 Å². The maximum atomic E-state index is 12.4. The molecule has 0 aliphatic carbocycles. The maximum absolute atomic E-state index is 12.4. The van der Waals surface area contributed by atoms with E-state index in [1.807, 2.05) is 50.5 Å². The highest BCUT2D eigenvalue weighted by atomic mass is 16.1. The summed E-state index contributed by atoms with van der Waals surface area (Å²) in [4.78, 5) is 14.5. The van der Waals surface area contributed by atoms with Gasteiger partial charge in [-0.1, -0.05) is 60.7 Å². The van der Waals surface area contributed by atoms with Crippen molar-refractivity contribution in [3.8, 4) is 0 Å². The van der Waals surface area contributed by atoms with Crippen molar-refractivity contribution in [2.24, 2.45) is 0 Å². The molecule has 0 bridgehead atoms. The number of hydrogen-bond donors (Lipinski definition) is 0. The third-order valence-electron chi connectivity index (χ3n) is 3.90. The van der Waals surface area contributed by atoms with E-state index < -0.39 is 0 Å². The first-order valence-corrected chi connectivity index (χ1v) is 7.93. The average molecular weight is 295 g/mol. The lowest BCUT2D eigenvalue weighted by atomic mass is 9.86. The number of ketones is 1. The summed E-state index contributed by atoms with van der Waals surface area (Å²) in [6, 6.07) is 20.7. The van der Waals surface area contributed by atoms with Crippen molar-refractivity contribution in [1.82, 2.24) is 4.90 Å². The molecule has 0 spiro atoms. The molecule has 22 heavy (non-hydrogen) atoms. The van der Waals surface area contributed by atoms with Gasteiger partial charge in [0.05, 0.1) is 0 Å². The summed E-state index contributed by atoms with van der Waals surface area (Å²) in [6.45, 7) is 0.965. The SMILES string of the molecule is CN(C)CCCC(=O)CC(c1ccccc1)c1ccccc1. The van der Waals surface area contributed by atoms with Gasteiger partial charge in [-0.3, -0.25) is 4.79 Å². The van der Waals surface area contributed by atoms with Crippen LogP contribution in [0.2, 0.25) is 0 Å². The lowest BCUT2D eigenvalue weighted by molar-refractivity contribution is -0.119. The van der Waals surface area contributed by atoms with Gasteiger partial charge in [0.2, 0.25) is 0 Å². The summed E-state index contributed by atoms with van der Waals surface area (Å²) in [7, 11) is 4.09. The van der Waals surface area contributed by atoms with Gasteiger partial charge in [0.25, 0.3) is 0 Å². The Bertz CT molecular complexity index is 523. The largest absolute Gasteiger partial charge is 0.309 e. The van der Waals surface area contributed by atoms with Gasteiger partial charge in [-0.25, -0.2) is 0 Å². The van der Waals surface area contributed by atoms with Crippen LogP contribution in [0.5, 0.6) is 0 Å². The van der Waals surface area contributed by atoms with E-state index in [-0.39, 0.29) is 5.92 Å². The van der Waals surface area contributed by atoms with Gasteiger partial charge >= 0.3 is 0 Å². The van der Waals surface area contributed by atoms with E-state index in [0.29, 0.717) is 18.6 Å². The minimum Gasteiger partial charge on any atom is -0.309 e. The minimum atomic E-state index is 0.161. The molecule has 2 aromatic carbocycles. The quantitative estimate of drug-likeness (QED) is 0.730. The Morgan fingerprint density at radius 1 is 0.909 bits per heavy atom. The molecule has 2 nitrogen and oxygen atoms in total. The fraction of sp³-hybridized carbons (Fsp3) is 0.350. The summed E-state index contributed by atoms with van der Waals surface area (Å²) in [5, 5.41) is 0.